The van der Waals surface area contributed by atoms with Crippen LogP contribution in [0.4, 0.5) is 21.9 Å². The van der Waals surface area contributed by atoms with E-state index >= 15 is 0 Å². The van der Waals surface area contributed by atoms with Crippen LogP contribution in [0.1, 0.15) is 45.1 Å². The van der Waals surface area contributed by atoms with Crippen LogP contribution in [-0.2, 0) is 14.8 Å². The predicted octanol–water partition coefficient (Wildman–Crippen LogP) is 2.99. The van der Waals surface area contributed by atoms with Gasteiger partial charge in [0.25, 0.3) is 5.69 Å². The Morgan fingerprint density at radius 1 is 1.19 bits per heavy atom. The molecule has 170 valence electrons. The predicted molar refractivity (Wildman–Crippen MR) is 110 cm³/mol. The van der Waals surface area contributed by atoms with Crippen LogP contribution < -0.4 is 4.72 Å². The number of carbonyl (C=O) groups is 1. The number of carbonyl (C=O) groups excluding carboxylic acids is 1. The van der Waals surface area contributed by atoms with Gasteiger partial charge in [-0.15, -0.1) is 0 Å². The minimum absolute atomic E-state index is 0.0463. The summed E-state index contributed by atoms with van der Waals surface area (Å²) >= 11 is 0. The molecule has 13 heteroatoms. The van der Waals surface area contributed by atoms with E-state index in [9.17, 15) is 33.4 Å². The van der Waals surface area contributed by atoms with Gasteiger partial charge in [0.2, 0.25) is 10.0 Å². The molecule has 0 radical (unpaired) electrons. The topological polar surface area (TPSA) is 162 Å². The van der Waals surface area contributed by atoms with Crippen molar-refractivity contribution in [3.05, 3.63) is 37.9 Å². The van der Waals surface area contributed by atoms with Gasteiger partial charge in [0, 0.05) is 25.1 Å². The molecule has 12 nitrogen and oxygen atoms in total. The van der Waals surface area contributed by atoms with Crippen molar-refractivity contribution in [2.75, 3.05) is 23.6 Å². The number of rotatable bonds is 7. The van der Waals surface area contributed by atoms with E-state index in [0.717, 1.165) is 12.1 Å². The quantitative estimate of drug-likeness (QED) is 0.483. The largest absolute Gasteiger partial charge is 0.444 e. The number of nitro benzene ring substituents is 2. The second-order valence-electron chi connectivity index (χ2n) is 8.82. The summed E-state index contributed by atoms with van der Waals surface area (Å²) in [6, 6.07) is 2.14. The molecule has 2 fully saturated rings. The third kappa shape index (κ3) is 5.40. The standard InChI is InChI=1S/C18H24N4O8S/c1-18(2,3)30-17(23)20-8-11(9-20)10-31(28,29)19-13-6-7-14(21(24)25)15(12-4-5-12)16(13)22(26)27/h6-7,11-12,19H,4-5,8-10H2,1-3H3. The van der Waals surface area contributed by atoms with Crippen LogP contribution in [0.15, 0.2) is 12.1 Å². The van der Waals surface area contributed by atoms with E-state index in [2.05, 4.69) is 4.72 Å². The van der Waals surface area contributed by atoms with Crippen LogP contribution in [0.5, 0.6) is 0 Å². The molecular weight excluding hydrogens is 432 g/mol. The van der Waals surface area contributed by atoms with Gasteiger partial charge in [-0.2, -0.15) is 0 Å². The van der Waals surface area contributed by atoms with E-state index < -0.39 is 37.3 Å². The van der Waals surface area contributed by atoms with E-state index in [1.54, 1.807) is 20.8 Å². The van der Waals surface area contributed by atoms with Crippen molar-refractivity contribution in [3.8, 4) is 0 Å². The highest BCUT2D eigenvalue weighted by molar-refractivity contribution is 7.92. The van der Waals surface area contributed by atoms with Crippen LogP contribution in [-0.4, -0.2) is 53.7 Å². The van der Waals surface area contributed by atoms with Gasteiger partial charge in [-0.05, 0) is 45.6 Å². The maximum atomic E-state index is 12.6. The van der Waals surface area contributed by atoms with Crippen molar-refractivity contribution >= 4 is 33.2 Å². The van der Waals surface area contributed by atoms with Crippen LogP contribution in [0.3, 0.4) is 0 Å². The van der Waals surface area contributed by atoms with Crippen molar-refractivity contribution in [3.63, 3.8) is 0 Å². The van der Waals surface area contributed by atoms with Crippen molar-refractivity contribution < 1.29 is 27.8 Å². The molecule has 2 aliphatic rings. The smallest absolute Gasteiger partial charge is 0.410 e. The molecule has 0 bridgehead atoms. The van der Waals surface area contributed by atoms with Gasteiger partial charge in [0.1, 0.15) is 16.9 Å². The minimum atomic E-state index is -3.99. The molecule has 1 N–H and O–H groups in total. The van der Waals surface area contributed by atoms with Crippen molar-refractivity contribution in [1.82, 2.24) is 4.90 Å². The summed E-state index contributed by atoms with van der Waals surface area (Å²) in [6.45, 7) is 5.55. The van der Waals surface area contributed by atoms with Gasteiger partial charge in [-0.1, -0.05) is 0 Å². The zero-order valence-electron chi connectivity index (χ0n) is 17.4. The number of hydrogen-bond acceptors (Lipinski definition) is 8. The number of likely N-dealkylation sites (tertiary alicyclic amines) is 1. The molecule has 1 aromatic carbocycles. The first-order valence-electron chi connectivity index (χ1n) is 9.71. The first kappa shape index (κ1) is 22.7. The maximum Gasteiger partial charge on any atom is 0.410 e. The molecule has 3 rings (SSSR count). The molecule has 1 aliphatic heterocycles. The highest BCUT2D eigenvalue weighted by Gasteiger charge is 2.41. The van der Waals surface area contributed by atoms with Crippen molar-refractivity contribution in [2.24, 2.45) is 5.92 Å². The highest BCUT2D eigenvalue weighted by Crippen LogP contribution is 2.50. The summed E-state index contributed by atoms with van der Waals surface area (Å²) in [4.78, 5) is 34.8. The summed E-state index contributed by atoms with van der Waals surface area (Å²) < 4.78 is 32.6. The average Bonchev–Trinajstić information content (AvgIpc) is 3.39. The van der Waals surface area contributed by atoms with E-state index in [-0.39, 0.29) is 47.6 Å². The second-order valence-corrected chi connectivity index (χ2v) is 10.6. The van der Waals surface area contributed by atoms with Crippen LogP contribution in [0.25, 0.3) is 0 Å². The second kappa shape index (κ2) is 7.94. The Kier molecular flexibility index (Phi) is 5.82. The van der Waals surface area contributed by atoms with Crippen molar-refractivity contribution in [2.45, 2.75) is 45.1 Å². The van der Waals surface area contributed by atoms with Gasteiger partial charge in [0.15, 0.2) is 0 Å². The first-order valence-corrected chi connectivity index (χ1v) is 11.4. The third-order valence-electron chi connectivity index (χ3n) is 4.89. The normalized spacial score (nSPS) is 17.1. The summed E-state index contributed by atoms with van der Waals surface area (Å²) in [5.41, 5.74) is -1.96. The van der Waals surface area contributed by atoms with Gasteiger partial charge < -0.3 is 9.64 Å². The fraction of sp³-hybridized carbons (Fsp3) is 0.611. The molecule has 1 aliphatic carbocycles. The lowest BCUT2D eigenvalue weighted by Crippen LogP contribution is -2.53. The van der Waals surface area contributed by atoms with Gasteiger partial charge >= 0.3 is 11.8 Å². The molecule has 0 unspecified atom stereocenters. The molecule has 1 saturated heterocycles. The summed E-state index contributed by atoms with van der Waals surface area (Å²) in [7, 11) is -3.99. The van der Waals surface area contributed by atoms with Gasteiger partial charge in [-0.3, -0.25) is 25.0 Å². The monoisotopic (exact) mass is 456 g/mol. The number of anilines is 1. The lowest BCUT2D eigenvalue weighted by atomic mass is 10.0. The average molecular weight is 456 g/mol. The summed E-state index contributed by atoms with van der Waals surface area (Å²) in [5, 5.41) is 22.9. The Morgan fingerprint density at radius 2 is 1.81 bits per heavy atom. The number of nitrogens with one attached hydrogen (secondary N) is 1. The summed E-state index contributed by atoms with van der Waals surface area (Å²) in [6.07, 6.45) is 0.607. The number of amides is 1. The lowest BCUT2D eigenvalue weighted by molar-refractivity contribution is -0.395. The molecule has 0 atom stereocenters. The highest BCUT2D eigenvalue weighted by atomic mass is 32.2. The van der Waals surface area contributed by atoms with Crippen LogP contribution >= 0.6 is 0 Å². The Hall–Kier alpha value is -2.96. The fourth-order valence-electron chi connectivity index (χ4n) is 3.48. The maximum absolute atomic E-state index is 12.6. The minimum Gasteiger partial charge on any atom is -0.444 e. The molecule has 1 heterocycles. The molecule has 0 aromatic heterocycles. The fourth-order valence-corrected chi connectivity index (χ4v) is 4.89. The van der Waals surface area contributed by atoms with Crippen LogP contribution in [0, 0.1) is 26.1 Å². The number of nitrogens with zero attached hydrogens (tertiary/aromatic N) is 3. The Bertz CT molecular complexity index is 1020. The number of nitro groups is 2. The first-order chi connectivity index (χ1) is 14.3. The lowest BCUT2D eigenvalue weighted by Gasteiger charge is -2.39. The Morgan fingerprint density at radius 3 is 2.29 bits per heavy atom. The number of sulfonamides is 1. The zero-order valence-corrected chi connectivity index (χ0v) is 18.2. The number of benzene rings is 1. The van der Waals surface area contributed by atoms with E-state index in [1.165, 1.54) is 4.90 Å². The summed E-state index contributed by atoms with van der Waals surface area (Å²) in [5.74, 6) is -1.04. The SMILES string of the molecule is CC(C)(C)OC(=O)N1CC(CS(=O)(=O)Nc2ccc([N+](=O)[O-])c(C3CC3)c2[N+](=O)[O-])C1. The molecule has 1 saturated carbocycles. The molecular formula is C18H24N4O8S. The van der Waals surface area contributed by atoms with Crippen LogP contribution in [0.2, 0.25) is 0 Å². The molecule has 31 heavy (non-hydrogen) atoms. The Labute approximate surface area is 178 Å². The van der Waals surface area contributed by atoms with E-state index in [1.807, 2.05) is 0 Å². The number of hydrogen-bond donors (Lipinski definition) is 1. The number of ether oxygens (including phenoxy) is 1. The third-order valence-corrected chi connectivity index (χ3v) is 6.33. The van der Waals surface area contributed by atoms with Crippen molar-refractivity contribution in [1.29, 1.82) is 0 Å². The van der Waals surface area contributed by atoms with Gasteiger partial charge in [0.05, 0.1) is 15.6 Å². The Balaban J connectivity index is 1.72. The molecule has 0 spiro atoms. The van der Waals surface area contributed by atoms with Gasteiger partial charge in [-0.25, -0.2) is 13.2 Å². The molecule has 1 aromatic rings. The van der Waals surface area contributed by atoms with E-state index in [4.69, 9.17) is 4.74 Å². The van der Waals surface area contributed by atoms with E-state index in [0.29, 0.717) is 12.8 Å². The molecule has 1 amide bonds. The zero-order chi connectivity index (χ0) is 23.1.